The molecule has 0 aromatic carbocycles. The lowest BCUT2D eigenvalue weighted by molar-refractivity contribution is -0.127. The van der Waals surface area contributed by atoms with Gasteiger partial charge in [-0.15, -0.1) is 0 Å². The molecule has 0 unspecified atom stereocenters. The van der Waals surface area contributed by atoms with Crippen LogP contribution in [0.5, 0.6) is 0 Å². The highest BCUT2D eigenvalue weighted by atomic mass is 32.1. The van der Waals surface area contributed by atoms with Gasteiger partial charge in [0.2, 0.25) is 5.91 Å². The molecule has 2 rings (SSSR count). The molecule has 2 aromatic rings. The van der Waals surface area contributed by atoms with E-state index in [9.17, 15) is 4.79 Å². The van der Waals surface area contributed by atoms with E-state index in [2.05, 4.69) is 0 Å². The van der Waals surface area contributed by atoms with E-state index in [0.29, 0.717) is 25.5 Å². The molecule has 0 N–H and O–H groups in total. The van der Waals surface area contributed by atoms with E-state index in [0.717, 1.165) is 5.56 Å². The Morgan fingerprint density at radius 3 is 3.05 bits per heavy atom. The lowest BCUT2D eigenvalue weighted by atomic mass is 10.3. The minimum Gasteiger partial charge on any atom is -0.465 e. The number of ether oxygens (including phenoxy) is 1. The summed E-state index contributed by atoms with van der Waals surface area (Å²) in [5, 5.41) is 4.05. The zero-order chi connectivity index (χ0) is 14.2. The summed E-state index contributed by atoms with van der Waals surface area (Å²) in [5.74, 6) is 0.616. The van der Waals surface area contributed by atoms with Gasteiger partial charge in [0.15, 0.2) is 0 Å². The van der Waals surface area contributed by atoms with Gasteiger partial charge < -0.3 is 14.1 Å². The van der Waals surface area contributed by atoms with Gasteiger partial charge in [0, 0.05) is 26.3 Å². The van der Waals surface area contributed by atoms with E-state index in [1.54, 1.807) is 41.8 Å². The second kappa shape index (κ2) is 7.67. The van der Waals surface area contributed by atoms with Crippen LogP contribution >= 0.6 is 11.3 Å². The van der Waals surface area contributed by atoms with Gasteiger partial charge in [0.1, 0.15) is 5.76 Å². The predicted molar refractivity (Wildman–Crippen MR) is 79.4 cm³/mol. The Morgan fingerprint density at radius 2 is 2.40 bits per heavy atom. The number of hydrogen-bond acceptors (Lipinski definition) is 4. The molecule has 5 heteroatoms. The number of rotatable bonds is 7. The standard InChI is InChI=1S/C15H17NO3S/c1-18-9-7-16(11-13-6-10-20-12-13)15(17)5-4-14-3-2-8-19-14/h2-6,8,10,12H,7,9,11H2,1H3/b5-4+. The number of carbonyl (C=O) groups is 1. The Balaban J connectivity index is 1.99. The second-order valence-corrected chi connectivity index (χ2v) is 5.01. The van der Waals surface area contributed by atoms with E-state index < -0.39 is 0 Å². The molecule has 106 valence electrons. The van der Waals surface area contributed by atoms with Crippen LogP contribution in [0, 0.1) is 0 Å². The van der Waals surface area contributed by atoms with E-state index in [-0.39, 0.29) is 5.91 Å². The number of carbonyl (C=O) groups excluding carboxylic acids is 1. The topological polar surface area (TPSA) is 42.7 Å². The van der Waals surface area contributed by atoms with Crippen LogP contribution in [0.15, 0.2) is 45.7 Å². The summed E-state index contributed by atoms with van der Waals surface area (Å²) in [6, 6.07) is 5.62. The van der Waals surface area contributed by atoms with Crippen LogP contribution in [0.1, 0.15) is 11.3 Å². The molecule has 4 nitrogen and oxygen atoms in total. The van der Waals surface area contributed by atoms with Crippen molar-refractivity contribution in [2.75, 3.05) is 20.3 Å². The molecule has 2 heterocycles. The molecule has 0 aliphatic rings. The van der Waals surface area contributed by atoms with Crippen molar-refractivity contribution in [3.05, 3.63) is 52.6 Å². The SMILES string of the molecule is COCCN(Cc1ccsc1)C(=O)/C=C/c1ccco1. The van der Waals surface area contributed by atoms with Crippen LogP contribution in [0.2, 0.25) is 0 Å². The lowest BCUT2D eigenvalue weighted by Gasteiger charge is -2.20. The molecular weight excluding hydrogens is 274 g/mol. The van der Waals surface area contributed by atoms with Crippen molar-refractivity contribution in [3.63, 3.8) is 0 Å². The van der Waals surface area contributed by atoms with Crippen LogP contribution in [-0.2, 0) is 16.1 Å². The van der Waals surface area contributed by atoms with Gasteiger partial charge in [0.25, 0.3) is 0 Å². The fourth-order valence-electron chi connectivity index (χ4n) is 1.72. The van der Waals surface area contributed by atoms with Crippen molar-refractivity contribution in [2.24, 2.45) is 0 Å². The van der Waals surface area contributed by atoms with Gasteiger partial charge in [-0.2, -0.15) is 11.3 Å². The maximum Gasteiger partial charge on any atom is 0.247 e. The van der Waals surface area contributed by atoms with Crippen LogP contribution in [0.25, 0.3) is 6.08 Å². The Kier molecular flexibility index (Phi) is 5.58. The molecule has 0 fully saturated rings. The van der Waals surface area contributed by atoms with Gasteiger partial charge in [0.05, 0.1) is 12.9 Å². The Bertz CT molecular complexity index is 531. The number of amides is 1. The van der Waals surface area contributed by atoms with E-state index in [1.807, 2.05) is 22.9 Å². The molecule has 0 spiro atoms. The monoisotopic (exact) mass is 291 g/mol. The fourth-order valence-corrected chi connectivity index (χ4v) is 2.38. The number of furan rings is 1. The third-order valence-corrected chi connectivity index (χ3v) is 3.50. The average Bonchev–Trinajstić information content (AvgIpc) is 3.13. The summed E-state index contributed by atoms with van der Waals surface area (Å²) in [6.07, 6.45) is 4.79. The largest absolute Gasteiger partial charge is 0.465 e. The lowest BCUT2D eigenvalue weighted by Crippen LogP contribution is -2.31. The van der Waals surface area contributed by atoms with Crippen LogP contribution in [0.3, 0.4) is 0 Å². The van der Waals surface area contributed by atoms with Crippen molar-refractivity contribution in [1.82, 2.24) is 4.90 Å². The number of thiophene rings is 1. The summed E-state index contributed by atoms with van der Waals surface area (Å²) in [7, 11) is 1.63. The minimum atomic E-state index is -0.0512. The summed E-state index contributed by atoms with van der Waals surface area (Å²) >= 11 is 1.63. The first-order valence-corrected chi connectivity index (χ1v) is 7.24. The van der Waals surface area contributed by atoms with Crippen molar-refractivity contribution >= 4 is 23.3 Å². The maximum atomic E-state index is 12.2. The molecule has 2 aromatic heterocycles. The van der Waals surface area contributed by atoms with Gasteiger partial charge >= 0.3 is 0 Å². The summed E-state index contributed by atoms with van der Waals surface area (Å²) in [4.78, 5) is 14.0. The first-order valence-electron chi connectivity index (χ1n) is 6.30. The molecule has 20 heavy (non-hydrogen) atoms. The smallest absolute Gasteiger partial charge is 0.247 e. The Hall–Kier alpha value is -1.85. The van der Waals surface area contributed by atoms with Gasteiger partial charge in [-0.3, -0.25) is 4.79 Å². The van der Waals surface area contributed by atoms with E-state index in [1.165, 1.54) is 6.08 Å². The van der Waals surface area contributed by atoms with Gasteiger partial charge in [-0.05, 0) is 40.6 Å². The maximum absolute atomic E-state index is 12.2. The van der Waals surface area contributed by atoms with Crippen molar-refractivity contribution in [2.45, 2.75) is 6.54 Å². The second-order valence-electron chi connectivity index (χ2n) is 4.23. The Labute approximate surface area is 122 Å². The quantitative estimate of drug-likeness (QED) is 0.736. The zero-order valence-electron chi connectivity index (χ0n) is 11.3. The van der Waals surface area contributed by atoms with Crippen LogP contribution in [0.4, 0.5) is 0 Å². The Morgan fingerprint density at radius 1 is 1.50 bits per heavy atom. The zero-order valence-corrected chi connectivity index (χ0v) is 12.1. The highest BCUT2D eigenvalue weighted by Gasteiger charge is 2.11. The van der Waals surface area contributed by atoms with Gasteiger partial charge in [-0.25, -0.2) is 0 Å². The number of hydrogen-bond donors (Lipinski definition) is 0. The van der Waals surface area contributed by atoms with Crippen molar-refractivity contribution in [1.29, 1.82) is 0 Å². The highest BCUT2D eigenvalue weighted by Crippen LogP contribution is 2.10. The molecule has 0 radical (unpaired) electrons. The number of nitrogens with zero attached hydrogens (tertiary/aromatic N) is 1. The fraction of sp³-hybridized carbons (Fsp3) is 0.267. The first-order chi connectivity index (χ1) is 9.79. The molecule has 0 saturated carbocycles. The molecule has 0 bridgehead atoms. The molecule has 0 aliphatic carbocycles. The molecule has 1 amide bonds. The predicted octanol–water partition coefficient (Wildman–Crippen LogP) is 3.03. The average molecular weight is 291 g/mol. The molecule has 0 aliphatic heterocycles. The number of methoxy groups -OCH3 is 1. The third-order valence-electron chi connectivity index (χ3n) is 2.76. The van der Waals surface area contributed by atoms with Crippen molar-refractivity contribution in [3.8, 4) is 0 Å². The molecule has 0 saturated heterocycles. The minimum absolute atomic E-state index is 0.0512. The van der Waals surface area contributed by atoms with Crippen LogP contribution < -0.4 is 0 Å². The van der Waals surface area contributed by atoms with Crippen molar-refractivity contribution < 1.29 is 13.9 Å². The first kappa shape index (κ1) is 14.6. The molecule has 0 atom stereocenters. The normalized spacial score (nSPS) is 11.1. The molecular formula is C15H17NO3S. The van der Waals surface area contributed by atoms with Gasteiger partial charge in [-0.1, -0.05) is 0 Å². The van der Waals surface area contributed by atoms with E-state index >= 15 is 0 Å². The van der Waals surface area contributed by atoms with E-state index in [4.69, 9.17) is 9.15 Å². The third kappa shape index (κ3) is 4.36. The van der Waals surface area contributed by atoms with Crippen LogP contribution in [-0.4, -0.2) is 31.1 Å². The summed E-state index contributed by atoms with van der Waals surface area (Å²) < 4.78 is 10.2. The summed E-state index contributed by atoms with van der Waals surface area (Å²) in [5.41, 5.74) is 1.13. The highest BCUT2D eigenvalue weighted by molar-refractivity contribution is 7.07. The summed E-state index contributed by atoms with van der Waals surface area (Å²) in [6.45, 7) is 1.67.